The second-order valence-corrected chi connectivity index (χ2v) is 4.31. The standard InChI is InChI=1S/C14H16N2O3/c1-11(17)12-3-2-4-14(7-12)19-9-13(18)8-16-6-5-15-10-16/h2-7,10,13,18H,8-9H2,1H3. The highest BCUT2D eigenvalue weighted by Gasteiger charge is 2.07. The van der Waals surface area contributed by atoms with E-state index in [2.05, 4.69) is 4.98 Å². The molecule has 0 aliphatic heterocycles. The number of rotatable bonds is 6. The van der Waals surface area contributed by atoms with E-state index in [1.807, 2.05) is 0 Å². The zero-order valence-electron chi connectivity index (χ0n) is 10.7. The zero-order chi connectivity index (χ0) is 13.7. The van der Waals surface area contributed by atoms with Gasteiger partial charge in [-0.25, -0.2) is 4.98 Å². The lowest BCUT2D eigenvalue weighted by atomic mass is 10.1. The van der Waals surface area contributed by atoms with Crippen LogP contribution in [-0.2, 0) is 6.54 Å². The number of hydrogen-bond donors (Lipinski definition) is 1. The topological polar surface area (TPSA) is 64.3 Å². The van der Waals surface area contributed by atoms with E-state index in [-0.39, 0.29) is 12.4 Å². The number of ketones is 1. The summed E-state index contributed by atoms with van der Waals surface area (Å²) >= 11 is 0. The number of carbonyl (C=O) groups is 1. The molecule has 0 radical (unpaired) electrons. The molecule has 0 bridgehead atoms. The molecule has 2 rings (SSSR count). The first-order chi connectivity index (χ1) is 9.15. The molecule has 0 aliphatic rings. The Labute approximate surface area is 111 Å². The van der Waals surface area contributed by atoms with Crippen LogP contribution < -0.4 is 4.74 Å². The smallest absolute Gasteiger partial charge is 0.159 e. The first-order valence-electron chi connectivity index (χ1n) is 6.03. The van der Waals surface area contributed by atoms with Crippen LogP contribution in [0.3, 0.4) is 0 Å². The maximum absolute atomic E-state index is 11.2. The van der Waals surface area contributed by atoms with Crippen LogP contribution in [0.1, 0.15) is 17.3 Å². The van der Waals surface area contributed by atoms with Crippen LogP contribution >= 0.6 is 0 Å². The zero-order valence-corrected chi connectivity index (χ0v) is 10.7. The van der Waals surface area contributed by atoms with Gasteiger partial charge in [0.2, 0.25) is 0 Å². The first kappa shape index (κ1) is 13.3. The van der Waals surface area contributed by atoms with Crippen molar-refractivity contribution in [1.29, 1.82) is 0 Å². The van der Waals surface area contributed by atoms with Gasteiger partial charge in [0, 0.05) is 18.0 Å². The second-order valence-electron chi connectivity index (χ2n) is 4.31. The molecule has 5 heteroatoms. The van der Waals surface area contributed by atoms with E-state index in [1.165, 1.54) is 6.92 Å². The number of aliphatic hydroxyl groups excluding tert-OH is 1. The van der Waals surface area contributed by atoms with Crippen molar-refractivity contribution < 1.29 is 14.6 Å². The minimum absolute atomic E-state index is 0.00980. The van der Waals surface area contributed by atoms with E-state index in [0.29, 0.717) is 17.9 Å². The summed E-state index contributed by atoms with van der Waals surface area (Å²) < 4.78 is 7.25. The largest absolute Gasteiger partial charge is 0.491 e. The van der Waals surface area contributed by atoms with Gasteiger partial charge in [-0.15, -0.1) is 0 Å². The Bertz CT molecular complexity index is 537. The molecule has 1 N–H and O–H groups in total. The monoisotopic (exact) mass is 260 g/mol. The van der Waals surface area contributed by atoms with Gasteiger partial charge in [0.05, 0.1) is 12.9 Å². The minimum atomic E-state index is -0.629. The fourth-order valence-electron chi connectivity index (χ4n) is 1.69. The van der Waals surface area contributed by atoms with Gasteiger partial charge in [-0.3, -0.25) is 4.79 Å². The van der Waals surface area contributed by atoms with Gasteiger partial charge < -0.3 is 14.4 Å². The molecule has 0 spiro atoms. The number of aliphatic hydroxyl groups is 1. The summed E-state index contributed by atoms with van der Waals surface area (Å²) in [5.74, 6) is 0.571. The number of ether oxygens (including phenoxy) is 1. The summed E-state index contributed by atoms with van der Waals surface area (Å²) in [6.07, 6.45) is 4.44. The van der Waals surface area contributed by atoms with Crippen molar-refractivity contribution in [2.75, 3.05) is 6.61 Å². The van der Waals surface area contributed by atoms with Gasteiger partial charge in [-0.05, 0) is 19.1 Å². The molecule has 1 aromatic heterocycles. The predicted octanol–water partition coefficient (Wildman–Crippen LogP) is 1.53. The average molecular weight is 260 g/mol. The van der Waals surface area contributed by atoms with Gasteiger partial charge in [0.25, 0.3) is 0 Å². The van der Waals surface area contributed by atoms with E-state index in [9.17, 15) is 9.90 Å². The molecule has 2 aromatic rings. The molecule has 0 fully saturated rings. The Balaban J connectivity index is 1.88. The highest BCUT2D eigenvalue weighted by atomic mass is 16.5. The molecule has 0 saturated carbocycles. The van der Waals surface area contributed by atoms with E-state index >= 15 is 0 Å². The Morgan fingerprint density at radius 1 is 1.53 bits per heavy atom. The molecule has 1 heterocycles. The molecule has 1 aromatic carbocycles. The van der Waals surface area contributed by atoms with E-state index in [4.69, 9.17) is 4.74 Å². The van der Waals surface area contributed by atoms with Gasteiger partial charge in [-0.2, -0.15) is 0 Å². The van der Waals surface area contributed by atoms with Crippen molar-refractivity contribution in [2.45, 2.75) is 19.6 Å². The van der Waals surface area contributed by atoms with Crippen LogP contribution in [0.25, 0.3) is 0 Å². The molecule has 0 saturated heterocycles. The number of aromatic nitrogens is 2. The van der Waals surface area contributed by atoms with E-state index in [1.54, 1.807) is 47.6 Å². The van der Waals surface area contributed by atoms with Crippen LogP contribution in [0, 0.1) is 0 Å². The van der Waals surface area contributed by atoms with Crippen molar-refractivity contribution >= 4 is 5.78 Å². The molecule has 1 atom stereocenters. The Morgan fingerprint density at radius 3 is 3.05 bits per heavy atom. The SMILES string of the molecule is CC(=O)c1cccc(OCC(O)Cn2ccnc2)c1. The lowest BCUT2D eigenvalue weighted by Gasteiger charge is -2.13. The molecule has 0 amide bonds. The molecule has 5 nitrogen and oxygen atoms in total. The third kappa shape index (κ3) is 3.93. The summed E-state index contributed by atoms with van der Waals surface area (Å²) in [7, 11) is 0. The Hall–Kier alpha value is -2.14. The van der Waals surface area contributed by atoms with Gasteiger partial charge in [0.15, 0.2) is 5.78 Å². The Morgan fingerprint density at radius 2 is 2.37 bits per heavy atom. The summed E-state index contributed by atoms with van der Waals surface area (Å²) in [6.45, 7) is 2.10. The van der Waals surface area contributed by atoms with Crippen molar-refractivity contribution in [2.24, 2.45) is 0 Å². The van der Waals surface area contributed by atoms with Crippen molar-refractivity contribution in [3.05, 3.63) is 48.5 Å². The van der Waals surface area contributed by atoms with Crippen LogP contribution in [0.2, 0.25) is 0 Å². The van der Waals surface area contributed by atoms with Crippen molar-refractivity contribution in [1.82, 2.24) is 9.55 Å². The van der Waals surface area contributed by atoms with Crippen LogP contribution in [-0.4, -0.2) is 33.2 Å². The van der Waals surface area contributed by atoms with Crippen molar-refractivity contribution in [3.8, 4) is 5.75 Å². The predicted molar refractivity (Wildman–Crippen MR) is 70.2 cm³/mol. The Kier molecular flexibility index (Phi) is 4.30. The molecule has 19 heavy (non-hydrogen) atoms. The van der Waals surface area contributed by atoms with E-state index in [0.717, 1.165) is 0 Å². The highest BCUT2D eigenvalue weighted by molar-refractivity contribution is 5.94. The van der Waals surface area contributed by atoms with Gasteiger partial charge in [0.1, 0.15) is 18.5 Å². The number of Topliss-reactive ketones (excluding diaryl/α,β-unsaturated/α-hetero) is 1. The van der Waals surface area contributed by atoms with Crippen LogP contribution in [0.4, 0.5) is 0 Å². The fraction of sp³-hybridized carbons (Fsp3) is 0.286. The molecular formula is C14H16N2O3. The second kappa shape index (κ2) is 6.15. The quantitative estimate of drug-likeness (QED) is 0.800. The highest BCUT2D eigenvalue weighted by Crippen LogP contribution is 2.14. The number of nitrogens with zero attached hydrogens (tertiary/aromatic N) is 2. The number of benzene rings is 1. The third-order valence-corrected chi connectivity index (χ3v) is 2.66. The lowest BCUT2D eigenvalue weighted by Crippen LogP contribution is -2.23. The molecule has 100 valence electrons. The lowest BCUT2D eigenvalue weighted by molar-refractivity contribution is 0.0923. The van der Waals surface area contributed by atoms with Gasteiger partial charge >= 0.3 is 0 Å². The molecule has 1 unspecified atom stereocenters. The summed E-state index contributed by atoms with van der Waals surface area (Å²) in [4.78, 5) is 15.1. The minimum Gasteiger partial charge on any atom is -0.491 e. The summed E-state index contributed by atoms with van der Waals surface area (Å²) in [5.41, 5.74) is 0.599. The van der Waals surface area contributed by atoms with Crippen LogP contribution in [0.5, 0.6) is 5.75 Å². The van der Waals surface area contributed by atoms with Crippen molar-refractivity contribution in [3.63, 3.8) is 0 Å². The molecular weight excluding hydrogens is 244 g/mol. The van der Waals surface area contributed by atoms with E-state index < -0.39 is 6.10 Å². The normalized spacial score (nSPS) is 12.1. The number of carbonyl (C=O) groups excluding carboxylic acids is 1. The van der Waals surface area contributed by atoms with Gasteiger partial charge in [-0.1, -0.05) is 12.1 Å². The maximum atomic E-state index is 11.2. The summed E-state index contributed by atoms with van der Waals surface area (Å²) in [6, 6.07) is 6.92. The average Bonchev–Trinajstić information content (AvgIpc) is 2.89. The first-order valence-corrected chi connectivity index (χ1v) is 6.03. The van der Waals surface area contributed by atoms with Crippen LogP contribution in [0.15, 0.2) is 43.0 Å². The number of imidazole rings is 1. The fourth-order valence-corrected chi connectivity index (χ4v) is 1.69. The number of hydrogen-bond acceptors (Lipinski definition) is 4. The maximum Gasteiger partial charge on any atom is 0.159 e. The third-order valence-electron chi connectivity index (χ3n) is 2.66. The summed E-state index contributed by atoms with van der Waals surface area (Å²) in [5, 5.41) is 9.82. The molecule has 0 aliphatic carbocycles.